The zero-order valence-corrected chi connectivity index (χ0v) is 16.6. The maximum Gasteiger partial charge on any atom is 0.573 e. The summed E-state index contributed by atoms with van der Waals surface area (Å²) < 4.78 is 43.3. The lowest BCUT2D eigenvalue weighted by atomic mass is 9.62. The Morgan fingerprint density at radius 2 is 1.73 bits per heavy atom. The van der Waals surface area contributed by atoms with Crippen molar-refractivity contribution in [1.29, 1.82) is 0 Å². The molecule has 1 aliphatic heterocycles. The van der Waals surface area contributed by atoms with Crippen molar-refractivity contribution in [2.45, 2.75) is 18.9 Å². The second-order valence-corrected chi connectivity index (χ2v) is 8.02. The first-order chi connectivity index (χ1) is 14.1. The highest BCUT2D eigenvalue weighted by Crippen LogP contribution is 2.50. The number of nitrogens with zero attached hydrogens (tertiary/aromatic N) is 3. The predicted octanol–water partition coefficient (Wildman–Crippen LogP) is 3.96. The van der Waals surface area contributed by atoms with Gasteiger partial charge in [-0.25, -0.2) is 4.68 Å². The van der Waals surface area contributed by atoms with Gasteiger partial charge in [0, 0.05) is 30.9 Å². The second-order valence-electron chi connectivity index (χ2n) is 8.02. The Morgan fingerprint density at radius 1 is 1.03 bits per heavy atom. The molecule has 0 radical (unpaired) electrons. The number of ether oxygens (including phenoxy) is 1. The van der Waals surface area contributed by atoms with E-state index >= 15 is 0 Å². The third-order valence-electron chi connectivity index (χ3n) is 5.65. The first-order valence-corrected chi connectivity index (χ1v) is 9.48. The highest BCUT2D eigenvalue weighted by molar-refractivity contribution is 5.46. The van der Waals surface area contributed by atoms with Gasteiger partial charge in [-0.15, -0.1) is 13.2 Å². The van der Waals surface area contributed by atoms with Crippen LogP contribution in [0.3, 0.4) is 0 Å². The number of benzene rings is 2. The third-order valence-corrected chi connectivity index (χ3v) is 5.65. The number of aliphatic hydroxyl groups is 1. The van der Waals surface area contributed by atoms with Crippen LogP contribution in [-0.2, 0) is 5.60 Å². The molecule has 5 nitrogen and oxygen atoms in total. The van der Waals surface area contributed by atoms with Crippen LogP contribution < -0.4 is 4.74 Å². The van der Waals surface area contributed by atoms with Crippen LogP contribution in [0.25, 0.3) is 5.69 Å². The SMILES string of the molecule is CN1CC(C)(C(O)(c2ccc(OC(F)(F)F)cc2)c2cccc(-n3cccn3)c2)C1. The van der Waals surface area contributed by atoms with Crippen LogP contribution >= 0.6 is 0 Å². The van der Waals surface area contributed by atoms with Crippen LogP contribution in [0, 0.1) is 5.41 Å². The largest absolute Gasteiger partial charge is 0.573 e. The smallest absolute Gasteiger partial charge is 0.406 e. The van der Waals surface area contributed by atoms with Crippen LogP contribution in [0.2, 0.25) is 0 Å². The number of alkyl halides is 3. The maximum atomic E-state index is 12.5. The predicted molar refractivity (Wildman–Crippen MR) is 105 cm³/mol. The zero-order chi connectivity index (χ0) is 21.6. The normalized spacial score (nSPS) is 18.5. The van der Waals surface area contributed by atoms with E-state index in [0.717, 1.165) is 5.69 Å². The molecule has 0 amide bonds. The molecule has 1 aliphatic rings. The lowest BCUT2D eigenvalue weighted by molar-refractivity contribution is -0.274. The fraction of sp³-hybridized carbons (Fsp3) is 0.318. The number of likely N-dealkylation sites (tertiary alicyclic amines) is 1. The topological polar surface area (TPSA) is 50.5 Å². The third kappa shape index (κ3) is 3.57. The molecule has 2 aromatic carbocycles. The fourth-order valence-electron chi connectivity index (χ4n) is 4.43. The summed E-state index contributed by atoms with van der Waals surface area (Å²) >= 11 is 0. The van der Waals surface area contributed by atoms with Crippen molar-refractivity contribution in [3.8, 4) is 11.4 Å². The van der Waals surface area contributed by atoms with Crippen LogP contribution in [0.1, 0.15) is 18.1 Å². The molecule has 0 spiro atoms. The summed E-state index contributed by atoms with van der Waals surface area (Å²) in [6.45, 7) is 3.25. The highest BCUT2D eigenvalue weighted by Gasteiger charge is 2.55. The van der Waals surface area contributed by atoms with Crippen LogP contribution in [0.4, 0.5) is 13.2 Å². The van der Waals surface area contributed by atoms with Gasteiger partial charge in [-0.3, -0.25) is 0 Å². The Bertz CT molecular complexity index is 1010. The van der Waals surface area contributed by atoms with Crippen molar-refractivity contribution in [3.05, 3.63) is 78.1 Å². The van der Waals surface area contributed by atoms with Gasteiger partial charge in [0.2, 0.25) is 0 Å². The van der Waals surface area contributed by atoms with Crippen LogP contribution in [0.15, 0.2) is 67.0 Å². The molecular weight excluding hydrogens is 395 g/mol. The summed E-state index contributed by atoms with van der Waals surface area (Å²) in [7, 11) is 1.96. The van der Waals surface area contributed by atoms with E-state index < -0.39 is 17.4 Å². The summed E-state index contributed by atoms with van der Waals surface area (Å²) in [5, 5.41) is 16.3. The molecule has 0 bridgehead atoms. The molecule has 2 heterocycles. The van der Waals surface area contributed by atoms with Crippen molar-refractivity contribution in [3.63, 3.8) is 0 Å². The standard InChI is InChI=1S/C22H22F3N3O2/c1-20(14-27(2)15-20)21(29,16-7-9-19(10-8-16)30-22(23,24)25)17-5-3-6-18(13-17)28-12-4-11-26-28/h3-13,29H,14-15H2,1-2H3. The Morgan fingerprint density at radius 3 is 2.30 bits per heavy atom. The lowest BCUT2D eigenvalue weighted by Gasteiger charge is -2.56. The van der Waals surface area contributed by atoms with Gasteiger partial charge in [-0.1, -0.05) is 31.2 Å². The summed E-state index contributed by atoms with van der Waals surface area (Å²) in [4.78, 5) is 2.09. The van der Waals surface area contributed by atoms with E-state index in [0.29, 0.717) is 24.2 Å². The fourth-order valence-corrected chi connectivity index (χ4v) is 4.43. The molecule has 1 unspecified atom stereocenters. The Hall–Kier alpha value is -2.84. The molecule has 1 N–H and O–H groups in total. The first kappa shape index (κ1) is 20.4. The van der Waals surface area contributed by atoms with E-state index in [2.05, 4.69) is 14.7 Å². The minimum atomic E-state index is -4.77. The molecule has 0 aliphatic carbocycles. The van der Waals surface area contributed by atoms with Gasteiger partial charge in [0.25, 0.3) is 0 Å². The number of hydrogen-bond acceptors (Lipinski definition) is 4. The highest BCUT2D eigenvalue weighted by atomic mass is 19.4. The van der Waals surface area contributed by atoms with Crippen LogP contribution in [-0.4, -0.2) is 46.3 Å². The molecule has 8 heteroatoms. The summed E-state index contributed by atoms with van der Waals surface area (Å²) in [6.07, 6.45) is -1.29. The number of hydrogen-bond donors (Lipinski definition) is 1. The van der Waals surface area contributed by atoms with E-state index in [1.165, 1.54) is 24.3 Å². The molecule has 1 atom stereocenters. The van der Waals surface area contributed by atoms with Gasteiger partial charge >= 0.3 is 6.36 Å². The molecule has 0 saturated carbocycles. The van der Waals surface area contributed by atoms with Crippen molar-refractivity contribution in [1.82, 2.24) is 14.7 Å². The monoisotopic (exact) mass is 417 g/mol. The average molecular weight is 417 g/mol. The Balaban J connectivity index is 1.78. The molecule has 3 aromatic rings. The van der Waals surface area contributed by atoms with Crippen molar-refractivity contribution < 1.29 is 23.0 Å². The minimum Gasteiger partial charge on any atom is -0.406 e. The van der Waals surface area contributed by atoms with Gasteiger partial charge < -0.3 is 14.7 Å². The molecular formula is C22H22F3N3O2. The van der Waals surface area contributed by atoms with Crippen molar-refractivity contribution in [2.24, 2.45) is 5.41 Å². The second kappa shape index (κ2) is 7.14. The van der Waals surface area contributed by atoms with Gasteiger partial charge in [0.15, 0.2) is 0 Å². The Labute approximate surface area is 172 Å². The zero-order valence-electron chi connectivity index (χ0n) is 16.6. The average Bonchev–Trinajstić information content (AvgIpc) is 3.20. The van der Waals surface area contributed by atoms with E-state index in [9.17, 15) is 18.3 Å². The van der Waals surface area contributed by atoms with Gasteiger partial charge in [-0.05, 0) is 48.5 Å². The number of halogens is 3. The molecule has 158 valence electrons. The molecule has 1 fully saturated rings. The first-order valence-electron chi connectivity index (χ1n) is 9.48. The molecule has 1 aromatic heterocycles. The van der Waals surface area contributed by atoms with E-state index in [-0.39, 0.29) is 5.75 Å². The maximum absolute atomic E-state index is 12.5. The van der Waals surface area contributed by atoms with E-state index in [1.54, 1.807) is 23.1 Å². The van der Waals surface area contributed by atoms with Crippen molar-refractivity contribution in [2.75, 3.05) is 20.1 Å². The van der Waals surface area contributed by atoms with Gasteiger partial charge in [-0.2, -0.15) is 5.10 Å². The van der Waals surface area contributed by atoms with Crippen molar-refractivity contribution >= 4 is 0 Å². The van der Waals surface area contributed by atoms with Crippen LogP contribution in [0.5, 0.6) is 5.75 Å². The summed E-state index contributed by atoms with van der Waals surface area (Å²) in [5.74, 6) is -0.324. The minimum absolute atomic E-state index is 0.324. The summed E-state index contributed by atoms with van der Waals surface area (Å²) in [5.41, 5.74) is -0.0129. The van der Waals surface area contributed by atoms with E-state index in [1.807, 2.05) is 38.2 Å². The number of rotatable bonds is 5. The molecule has 4 rings (SSSR count). The van der Waals surface area contributed by atoms with Gasteiger partial charge in [0.05, 0.1) is 5.69 Å². The molecule has 30 heavy (non-hydrogen) atoms. The summed E-state index contributed by atoms with van der Waals surface area (Å²) in [6, 6.07) is 14.7. The van der Waals surface area contributed by atoms with E-state index in [4.69, 9.17) is 0 Å². The quantitative estimate of drug-likeness (QED) is 0.683. The lowest BCUT2D eigenvalue weighted by Crippen LogP contribution is -2.63. The Kier molecular flexibility index (Phi) is 4.86. The molecule has 1 saturated heterocycles. The van der Waals surface area contributed by atoms with Gasteiger partial charge in [0.1, 0.15) is 11.4 Å². The number of aromatic nitrogens is 2.